The molecule has 50 valence electrons. The summed E-state index contributed by atoms with van der Waals surface area (Å²) in [5.41, 5.74) is 0. The van der Waals surface area contributed by atoms with Crippen molar-refractivity contribution in [1.29, 1.82) is 5.41 Å². The molecule has 0 aromatic heterocycles. The van der Waals surface area contributed by atoms with Crippen LogP contribution in [0.5, 0.6) is 0 Å². The van der Waals surface area contributed by atoms with E-state index in [1.165, 1.54) is 6.92 Å². The summed E-state index contributed by atoms with van der Waals surface area (Å²) >= 11 is 3.30. The SMILES string of the molecule is CC(=N)[O-].C[S+](C)Br. The molecule has 0 bridgehead atoms. The summed E-state index contributed by atoms with van der Waals surface area (Å²) in [5.74, 6) is -0.583. The molecule has 0 atom stereocenters. The van der Waals surface area contributed by atoms with Crippen LogP contribution in [0.4, 0.5) is 0 Å². The standard InChI is InChI=1S/C2H6BrS.C2H5NO/c1-4(2)3;1-2(3)4/h1-2H3;1H3,(H2,3,4)/q+1;/p-1. The molecular formula is C4H10BrNOS. The third-order valence-corrected chi connectivity index (χ3v) is 0. The Labute approximate surface area is 60.4 Å². The fourth-order valence-corrected chi connectivity index (χ4v) is 0. The minimum absolute atomic E-state index is 0.451. The van der Waals surface area contributed by atoms with Crippen LogP contribution in [0.3, 0.4) is 0 Å². The maximum atomic E-state index is 9.11. The largest absolute Gasteiger partial charge is 0.862 e. The van der Waals surface area contributed by atoms with Crippen LogP contribution in [-0.2, 0) is 9.33 Å². The molecule has 0 spiro atoms. The first-order chi connectivity index (χ1) is 3.46. The molecule has 0 amide bonds. The quantitative estimate of drug-likeness (QED) is 0.346. The molecule has 0 aliphatic rings. The molecule has 0 unspecified atom stereocenters. The van der Waals surface area contributed by atoms with Crippen LogP contribution in [0.1, 0.15) is 6.92 Å². The van der Waals surface area contributed by atoms with Gasteiger partial charge in [-0.1, -0.05) is 0 Å². The Balaban J connectivity index is 0. The van der Waals surface area contributed by atoms with Crippen LogP contribution < -0.4 is 5.11 Å². The fraction of sp³-hybridized carbons (Fsp3) is 0.750. The van der Waals surface area contributed by atoms with Gasteiger partial charge in [0.25, 0.3) is 0 Å². The van der Waals surface area contributed by atoms with Crippen molar-refractivity contribution in [2.45, 2.75) is 6.92 Å². The van der Waals surface area contributed by atoms with Gasteiger partial charge in [0.15, 0.2) is 0 Å². The van der Waals surface area contributed by atoms with E-state index in [2.05, 4.69) is 27.3 Å². The Kier molecular flexibility index (Phi) is 10.2. The molecule has 0 heterocycles. The van der Waals surface area contributed by atoms with E-state index in [0.29, 0.717) is 9.33 Å². The lowest BCUT2D eigenvalue weighted by Crippen LogP contribution is -2.08. The molecule has 0 aromatic carbocycles. The van der Waals surface area contributed by atoms with Crippen LogP contribution >= 0.6 is 14.8 Å². The van der Waals surface area contributed by atoms with E-state index in [1.807, 2.05) is 0 Å². The Morgan fingerprint density at radius 1 is 1.62 bits per heavy atom. The highest BCUT2D eigenvalue weighted by atomic mass is 79.9. The molecule has 0 saturated carbocycles. The van der Waals surface area contributed by atoms with Crippen molar-refractivity contribution in [2.75, 3.05) is 12.5 Å². The zero-order valence-electron chi connectivity index (χ0n) is 5.19. The average Bonchev–Trinajstić information content (AvgIpc) is 1.25. The number of nitrogens with one attached hydrogen (secondary N) is 1. The highest BCUT2D eigenvalue weighted by molar-refractivity contribution is 9.48. The van der Waals surface area contributed by atoms with Gasteiger partial charge in [0, 0.05) is 0 Å². The molecule has 0 aromatic rings. The Bertz CT molecular complexity index is 60.3. The van der Waals surface area contributed by atoms with Crippen LogP contribution in [-0.4, -0.2) is 18.4 Å². The molecule has 8 heavy (non-hydrogen) atoms. The van der Waals surface area contributed by atoms with Crippen molar-refractivity contribution >= 4 is 30.0 Å². The van der Waals surface area contributed by atoms with Crippen LogP contribution in [0.25, 0.3) is 0 Å². The van der Waals surface area contributed by atoms with E-state index >= 15 is 0 Å². The molecule has 0 aliphatic carbocycles. The van der Waals surface area contributed by atoms with Gasteiger partial charge in [-0.2, -0.15) is 0 Å². The van der Waals surface area contributed by atoms with Crippen LogP contribution in [0.2, 0.25) is 0 Å². The molecule has 0 rings (SSSR count). The van der Waals surface area contributed by atoms with Crippen molar-refractivity contribution in [2.24, 2.45) is 0 Å². The minimum atomic E-state index is -0.583. The first-order valence-electron chi connectivity index (χ1n) is 1.92. The molecule has 0 aliphatic heterocycles. The third-order valence-electron chi connectivity index (χ3n) is 0. The number of rotatable bonds is 0. The van der Waals surface area contributed by atoms with Gasteiger partial charge in [-0.15, -0.1) is 0 Å². The van der Waals surface area contributed by atoms with Crippen LogP contribution in [0.15, 0.2) is 0 Å². The third kappa shape index (κ3) is 1970. The molecule has 0 fully saturated rings. The Morgan fingerprint density at radius 2 is 1.62 bits per heavy atom. The van der Waals surface area contributed by atoms with Gasteiger partial charge in [0.2, 0.25) is 14.8 Å². The van der Waals surface area contributed by atoms with Crippen molar-refractivity contribution < 1.29 is 5.11 Å². The first-order valence-corrected chi connectivity index (χ1v) is 5.81. The van der Waals surface area contributed by atoms with E-state index in [4.69, 9.17) is 10.5 Å². The van der Waals surface area contributed by atoms with Crippen molar-refractivity contribution in [3.8, 4) is 0 Å². The van der Waals surface area contributed by atoms with Crippen molar-refractivity contribution in [1.82, 2.24) is 0 Å². The molecular weight excluding hydrogens is 190 g/mol. The smallest absolute Gasteiger partial charge is 0.231 e. The maximum Gasteiger partial charge on any atom is 0.231 e. The number of halogens is 1. The molecule has 0 saturated heterocycles. The normalized spacial score (nSPS) is 7.62. The highest BCUT2D eigenvalue weighted by Gasteiger charge is 1.84. The molecule has 1 N–H and O–H groups in total. The summed E-state index contributed by atoms with van der Waals surface area (Å²) in [6, 6.07) is 0. The van der Waals surface area contributed by atoms with E-state index in [9.17, 15) is 0 Å². The molecule has 4 heteroatoms. The fourth-order valence-electron chi connectivity index (χ4n) is 0. The second-order valence-corrected chi connectivity index (χ2v) is 6.59. The van der Waals surface area contributed by atoms with E-state index in [-0.39, 0.29) is 0 Å². The highest BCUT2D eigenvalue weighted by Crippen LogP contribution is 1.90. The monoisotopic (exact) mass is 199 g/mol. The van der Waals surface area contributed by atoms with Crippen LogP contribution in [0, 0.1) is 5.41 Å². The Morgan fingerprint density at radius 3 is 1.62 bits per heavy atom. The van der Waals surface area contributed by atoms with Gasteiger partial charge >= 0.3 is 0 Å². The minimum Gasteiger partial charge on any atom is -0.862 e. The van der Waals surface area contributed by atoms with E-state index in [1.54, 1.807) is 0 Å². The summed E-state index contributed by atoms with van der Waals surface area (Å²) in [4.78, 5) is 0. The average molecular weight is 200 g/mol. The first kappa shape index (κ1) is 11.1. The number of hydrogen-bond donors (Lipinski definition) is 1. The van der Waals surface area contributed by atoms with Gasteiger partial charge in [0.1, 0.15) is 12.5 Å². The summed E-state index contributed by atoms with van der Waals surface area (Å²) in [6.07, 6.45) is 4.22. The van der Waals surface area contributed by atoms with Gasteiger partial charge < -0.3 is 10.5 Å². The number of hydrogen-bond acceptors (Lipinski definition) is 2. The zero-order chi connectivity index (χ0) is 7.15. The van der Waals surface area contributed by atoms with Gasteiger partial charge in [-0.3, -0.25) is 0 Å². The van der Waals surface area contributed by atoms with Gasteiger partial charge in [0.05, 0.1) is 9.33 Å². The zero-order valence-corrected chi connectivity index (χ0v) is 7.60. The summed E-state index contributed by atoms with van der Waals surface area (Å²) in [5, 5.41) is 15.1. The second-order valence-electron chi connectivity index (χ2n) is 1.27. The summed E-state index contributed by atoms with van der Waals surface area (Å²) < 4.78 is 0. The lowest BCUT2D eigenvalue weighted by Gasteiger charge is -1.89. The maximum absolute atomic E-state index is 9.11. The lowest BCUT2D eigenvalue weighted by atomic mass is 10.8. The second kappa shape index (κ2) is 7.30. The predicted octanol–water partition coefficient (Wildman–Crippen LogP) is 0.518. The summed E-state index contributed by atoms with van der Waals surface area (Å²) in [6.45, 7) is 1.19. The van der Waals surface area contributed by atoms with E-state index in [0.717, 1.165) is 0 Å². The van der Waals surface area contributed by atoms with Crippen molar-refractivity contribution in [3.63, 3.8) is 0 Å². The Hall–Kier alpha value is 0.300. The van der Waals surface area contributed by atoms with E-state index < -0.39 is 5.90 Å². The van der Waals surface area contributed by atoms with Gasteiger partial charge in [-0.05, 0) is 12.8 Å². The topological polar surface area (TPSA) is 46.9 Å². The molecule has 2 nitrogen and oxygen atoms in total. The lowest BCUT2D eigenvalue weighted by molar-refractivity contribution is -0.217. The van der Waals surface area contributed by atoms with Crippen molar-refractivity contribution in [3.05, 3.63) is 0 Å². The summed E-state index contributed by atoms with van der Waals surface area (Å²) in [7, 11) is 0.451. The van der Waals surface area contributed by atoms with Gasteiger partial charge in [-0.25, -0.2) is 0 Å². The predicted molar refractivity (Wildman–Crippen MR) is 41.5 cm³/mol. The molecule has 0 radical (unpaired) electrons.